The Hall–Kier alpha value is -5.20. The van der Waals surface area contributed by atoms with Crippen molar-refractivity contribution in [2.45, 2.75) is 39.3 Å². The van der Waals surface area contributed by atoms with Crippen molar-refractivity contribution in [1.29, 1.82) is 5.26 Å². The highest BCUT2D eigenvalue weighted by Gasteiger charge is 2.34. The lowest BCUT2D eigenvalue weighted by Crippen LogP contribution is -2.40. The van der Waals surface area contributed by atoms with Crippen LogP contribution in [0.1, 0.15) is 55.0 Å². The maximum atomic E-state index is 14.3. The highest BCUT2D eigenvalue weighted by Crippen LogP contribution is 2.34. The summed E-state index contributed by atoms with van der Waals surface area (Å²) in [7, 11) is 1.59. The zero-order valence-corrected chi connectivity index (χ0v) is 26.1. The van der Waals surface area contributed by atoms with Crippen LogP contribution in [0.15, 0.2) is 100 Å². The Morgan fingerprint density at radius 2 is 1.89 bits per heavy atom. The second-order valence-corrected chi connectivity index (χ2v) is 11.7. The van der Waals surface area contributed by atoms with Crippen molar-refractivity contribution in [2.75, 3.05) is 13.7 Å². The van der Waals surface area contributed by atoms with Gasteiger partial charge in [-0.15, -0.1) is 0 Å². The van der Waals surface area contributed by atoms with Crippen molar-refractivity contribution in [2.24, 2.45) is 4.99 Å². The van der Waals surface area contributed by atoms with Crippen LogP contribution in [-0.2, 0) is 16.1 Å². The Labute approximate surface area is 264 Å². The van der Waals surface area contributed by atoms with Gasteiger partial charge in [-0.3, -0.25) is 9.36 Å². The van der Waals surface area contributed by atoms with Crippen LogP contribution in [0.3, 0.4) is 0 Å². The zero-order chi connectivity index (χ0) is 31.5. The average molecular weight is 617 g/mol. The van der Waals surface area contributed by atoms with Gasteiger partial charge in [0.05, 0.1) is 47.2 Å². The van der Waals surface area contributed by atoms with Gasteiger partial charge in [-0.25, -0.2) is 9.79 Å². The lowest BCUT2D eigenvalue weighted by Gasteiger charge is -2.26. The SMILES string of the molecule is CCCC1=C(C(=O)OCC)[C@H](c2cccc(OC)c2)n2c(s/c(=C/c3cn(Cc4ccccc4C#N)c4ccccc34)c2=O)=N1. The first-order valence-electron chi connectivity index (χ1n) is 14.9. The second kappa shape index (κ2) is 12.8. The molecule has 8 nitrogen and oxygen atoms in total. The van der Waals surface area contributed by atoms with Crippen molar-refractivity contribution in [3.05, 3.63) is 132 Å². The fourth-order valence-electron chi connectivity index (χ4n) is 5.86. The molecule has 2 aromatic heterocycles. The van der Waals surface area contributed by atoms with Gasteiger partial charge in [0.2, 0.25) is 0 Å². The minimum absolute atomic E-state index is 0.208. The van der Waals surface area contributed by atoms with E-state index in [-0.39, 0.29) is 12.2 Å². The number of nitriles is 1. The monoisotopic (exact) mass is 616 g/mol. The van der Waals surface area contributed by atoms with Crippen LogP contribution in [0.25, 0.3) is 17.0 Å². The number of aromatic nitrogens is 2. The maximum absolute atomic E-state index is 14.3. The third kappa shape index (κ3) is 5.61. The normalized spacial score (nSPS) is 14.6. The number of hydrogen-bond donors (Lipinski definition) is 0. The molecule has 0 bridgehead atoms. The molecule has 0 unspecified atom stereocenters. The number of nitrogens with zero attached hydrogens (tertiary/aromatic N) is 4. The van der Waals surface area contributed by atoms with E-state index < -0.39 is 12.0 Å². The first-order valence-corrected chi connectivity index (χ1v) is 15.7. The van der Waals surface area contributed by atoms with E-state index in [4.69, 9.17) is 14.5 Å². The Morgan fingerprint density at radius 3 is 2.67 bits per heavy atom. The largest absolute Gasteiger partial charge is 0.497 e. The molecular formula is C36H32N4O4S. The number of carbonyl (C=O) groups is 1. The van der Waals surface area contributed by atoms with Crippen LogP contribution < -0.4 is 19.6 Å². The molecule has 6 rings (SSSR count). The van der Waals surface area contributed by atoms with Gasteiger partial charge < -0.3 is 14.0 Å². The third-order valence-electron chi connectivity index (χ3n) is 7.89. The molecule has 0 radical (unpaired) electrons. The van der Waals surface area contributed by atoms with Crippen molar-refractivity contribution < 1.29 is 14.3 Å². The molecule has 5 aromatic rings. The number of ether oxygens (including phenoxy) is 2. The molecule has 0 N–H and O–H groups in total. The van der Waals surface area contributed by atoms with Gasteiger partial charge >= 0.3 is 5.97 Å². The zero-order valence-electron chi connectivity index (χ0n) is 25.3. The predicted octanol–water partition coefficient (Wildman–Crippen LogP) is 5.46. The van der Waals surface area contributed by atoms with Gasteiger partial charge in [0, 0.05) is 29.2 Å². The van der Waals surface area contributed by atoms with E-state index in [1.54, 1.807) is 18.6 Å². The summed E-state index contributed by atoms with van der Waals surface area (Å²) in [4.78, 5) is 33.2. The Bertz CT molecular complexity index is 2180. The molecule has 0 saturated heterocycles. The van der Waals surface area contributed by atoms with Crippen molar-refractivity contribution in [3.63, 3.8) is 0 Å². The lowest BCUT2D eigenvalue weighted by molar-refractivity contribution is -0.139. The first-order chi connectivity index (χ1) is 22.0. The van der Waals surface area contributed by atoms with Crippen molar-refractivity contribution in [1.82, 2.24) is 9.13 Å². The lowest BCUT2D eigenvalue weighted by atomic mass is 9.94. The number of para-hydroxylation sites is 1. The van der Waals surface area contributed by atoms with E-state index in [1.165, 1.54) is 11.3 Å². The molecule has 0 amide bonds. The molecule has 9 heteroatoms. The molecule has 45 heavy (non-hydrogen) atoms. The first kappa shape index (κ1) is 29.9. The molecule has 0 spiro atoms. The van der Waals surface area contributed by atoms with Gasteiger partial charge in [-0.05, 0) is 54.8 Å². The highest BCUT2D eigenvalue weighted by molar-refractivity contribution is 7.07. The molecule has 3 heterocycles. The van der Waals surface area contributed by atoms with E-state index >= 15 is 0 Å². The summed E-state index contributed by atoms with van der Waals surface area (Å²) in [5.41, 5.74) is 4.91. The molecule has 3 aromatic carbocycles. The number of esters is 1. The van der Waals surface area contributed by atoms with E-state index in [0.29, 0.717) is 44.9 Å². The number of fused-ring (bicyclic) bond motifs is 2. The molecule has 0 aliphatic carbocycles. The summed E-state index contributed by atoms with van der Waals surface area (Å²) < 4.78 is 15.2. The smallest absolute Gasteiger partial charge is 0.338 e. The minimum atomic E-state index is -0.720. The summed E-state index contributed by atoms with van der Waals surface area (Å²) in [6, 6.07) is 24.6. The van der Waals surface area contributed by atoms with Gasteiger partial charge in [0.15, 0.2) is 4.80 Å². The van der Waals surface area contributed by atoms with Gasteiger partial charge in [-0.2, -0.15) is 5.26 Å². The molecule has 0 fully saturated rings. The van der Waals surface area contributed by atoms with E-state index in [1.807, 2.05) is 92.0 Å². The van der Waals surface area contributed by atoms with Gasteiger partial charge in [0.1, 0.15) is 5.75 Å². The standard InChI is InChI=1S/C36H32N4O4S/c1-4-11-29-32(35(42)44-5-2)33(23-14-10-15-27(18-23)43-3)40-34(41)31(45-36(40)38-29)19-26-22-39(30-17-9-8-16-28(26)30)21-25-13-7-6-12-24(25)20-37/h6-10,12-19,22,33H,4-5,11,21H2,1-3H3/b31-19+/t33-/m0/s1. The molecule has 1 atom stereocenters. The van der Waals surface area contributed by atoms with Crippen LogP contribution in [0.4, 0.5) is 0 Å². The van der Waals surface area contributed by atoms with Crippen LogP contribution >= 0.6 is 11.3 Å². The summed E-state index contributed by atoms with van der Waals surface area (Å²) in [6.45, 7) is 4.52. The van der Waals surface area contributed by atoms with Crippen LogP contribution in [0.5, 0.6) is 5.75 Å². The third-order valence-corrected chi connectivity index (χ3v) is 8.87. The molecule has 0 saturated carbocycles. The summed E-state index contributed by atoms with van der Waals surface area (Å²) in [5, 5.41) is 10.6. The summed E-state index contributed by atoms with van der Waals surface area (Å²) in [5.74, 6) is 0.144. The van der Waals surface area contributed by atoms with Crippen LogP contribution in [0.2, 0.25) is 0 Å². The quantitative estimate of drug-likeness (QED) is 0.205. The number of rotatable bonds is 9. The number of benzene rings is 3. The molecule has 226 valence electrons. The van der Waals surface area contributed by atoms with E-state index in [0.717, 1.165) is 34.0 Å². The van der Waals surface area contributed by atoms with Gasteiger partial charge in [0.25, 0.3) is 5.56 Å². The maximum Gasteiger partial charge on any atom is 0.338 e. The number of allylic oxidation sites excluding steroid dienone is 1. The number of thiazole rings is 1. The average Bonchev–Trinajstić information content (AvgIpc) is 3.56. The molecular weight excluding hydrogens is 584 g/mol. The minimum Gasteiger partial charge on any atom is -0.497 e. The Balaban J connectivity index is 1.55. The number of hydrogen-bond acceptors (Lipinski definition) is 7. The number of methoxy groups -OCH3 is 1. The summed E-state index contributed by atoms with van der Waals surface area (Å²) in [6.07, 6.45) is 5.26. The molecule has 1 aliphatic rings. The topological polar surface area (TPSA) is 98.6 Å². The van der Waals surface area contributed by atoms with E-state index in [2.05, 4.69) is 10.6 Å². The second-order valence-electron chi connectivity index (χ2n) is 10.7. The summed E-state index contributed by atoms with van der Waals surface area (Å²) >= 11 is 1.31. The predicted molar refractivity (Wildman–Crippen MR) is 175 cm³/mol. The fraction of sp³-hybridized carbons (Fsp3) is 0.222. The Kier molecular flexibility index (Phi) is 8.49. The number of carbonyl (C=O) groups excluding carboxylic acids is 1. The van der Waals surface area contributed by atoms with Crippen LogP contribution in [-0.4, -0.2) is 28.8 Å². The molecule has 1 aliphatic heterocycles. The van der Waals surface area contributed by atoms with E-state index in [9.17, 15) is 14.9 Å². The van der Waals surface area contributed by atoms with Crippen molar-refractivity contribution >= 4 is 34.3 Å². The Morgan fingerprint density at radius 1 is 1.09 bits per heavy atom. The highest BCUT2D eigenvalue weighted by atomic mass is 32.1. The van der Waals surface area contributed by atoms with Crippen LogP contribution in [0, 0.1) is 11.3 Å². The van der Waals surface area contributed by atoms with Crippen molar-refractivity contribution in [3.8, 4) is 11.8 Å². The van der Waals surface area contributed by atoms with Gasteiger partial charge in [-0.1, -0.05) is 73.2 Å². The fourth-order valence-corrected chi connectivity index (χ4v) is 6.87.